The second kappa shape index (κ2) is 6.23. The Bertz CT molecular complexity index is 348. The molecule has 6 nitrogen and oxygen atoms in total. The highest BCUT2D eigenvalue weighted by atomic mass is 16.4. The van der Waals surface area contributed by atoms with E-state index in [0.29, 0.717) is 13.0 Å². The predicted molar refractivity (Wildman–Crippen MR) is 71.0 cm³/mol. The number of rotatable bonds is 3. The van der Waals surface area contributed by atoms with Crippen molar-refractivity contribution in [3.05, 3.63) is 0 Å². The van der Waals surface area contributed by atoms with Crippen LogP contribution in [0.3, 0.4) is 0 Å². The summed E-state index contributed by atoms with van der Waals surface area (Å²) < 4.78 is 0. The highest BCUT2D eigenvalue weighted by Gasteiger charge is 2.35. The lowest BCUT2D eigenvalue weighted by molar-refractivity contribution is -0.141. The van der Waals surface area contributed by atoms with Gasteiger partial charge in [0.05, 0.1) is 0 Å². The van der Waals surface area contributed by atoms with Crippen molar-refractivity contribution in [1.82, 2.24) is 15.1 Å². The number of carbonyl (C=O) groups is 2. The Hall–Kier alpha value is -1.30. The van der Waals surface area contributed by atoms with E-state index >= 15 is 0 Å². The van der Waals surface area contributed by atoms with Crippen LogP contribution in [0.4, 0.5) is 4.79 Å². The molecule has 2 fully saturated rings. The van der Waals surface area contributed by atoms with Crippen LogP contribution in [0, 0.1) is 0 Å². The van der Waals surface area contributed by atoms with E-state index in [0.717, 1.165) is 38.9 Å². The smallest absolute Gasteiger partial charge is 0.326 e. The molecule has 1 unspecified atom stereocenters. The number of likely N-dealkylation sites (N-methyl/N-ethyl adjacent to an activating group) is 1. The average Bonchev–Trinajstić information content (AvgIpc) is 2.88. The van der Waals surface area contributed by atoms with Gasteiger partial charge in [-0.05, 0) is 38.8 Å². The lowest BCUT2D eigenvalue weighted by Gasteiger charge is -2.33. The van der Waals surface area contributed by atoms with Crippen molar-refractivity contribution in [2.75, 3.05) is 26.2 Å². The second-order valence-electron chi connectivity index (χ2n) is 5.37. The van der Waals surface area contributed by atoms with Crippen molar-refractivity contribution in [3.63, 3.8) is 0 Å². The van der Waals surface area contributed by atoms with E-state index in [4.69, 9.17) is 5.11 Å². The SMILES string of the molecule is CCN1CCCC(NC(=O)N2CCC[C@H]2C(=O)O)C1. The average molecular weight is 269 g/mol. The molecule has 108 valence electrons. The molecule has 0 radical (unpaired) electrons. The molecular weight excluding hydrogens is 246 g/mol. The lowest BCUT2D eigenvalue weighted by atomic mass is 10.1. The molecule has 19 heavy (non-hydrogen) atoms. The van der Waals surface area contributed by atoms with Gasteiger partial charge < -0.3 is 20.2 Å². The monoisotopic (exact) mass is 269 g/mol. The molecule has 2 saturated heterocycles. The Labute approximate surface area is 113 Å². The zero-order chi connectivity index (χ0) is 13.8. The molecular formula is C13H23N3O3. The summed E-state index contributed by atoms with van der Waals surface area (Å²) in [4.78, 5) is 27.0. The van der Waals surface area contributed by atoms with Crippen LogP contribution in [0.5, 0.6) is 0 Å². The number of aliphatic carboxylic acids is 1. The number of likely N-dealkylation sites (tertiary alicyclic amines) is 2. The number of piperidine rings is 1. The maximum Gasteiger partial charge on any atom is 0.326 e. The number of urea groups is 1. The molecule has 2 aliphatic rings. The molecule has 2 amide bonds. The number of nitrogens with zero attached hydrogens (tertiary/aromatic N) is 2. The number of carboxylic acids is 1. The van der Waals surface area contributed by atoms with Crippen molar-refractivity contribution in [2.45, 2.75) is 44.7 Å². The van der Waals surface area contributed by atoms with Crippen LogP contribution in [0.25, 0.3) is 0 Å². The molecule has 0 bridgehead atoms. The van der Waals surface area contributed by atoms with Crippen LogP contribution in [-0.2, 0) is 4.79 Å². The first-order chi connectivity index (χ1) is 9.11. The van der Waals surface area contributed by atoms with Crippen molar-refractivity contribution >= 4 is 12.0 Å². The van der Waals surface area contributed by atoms with Crippen LogP contribution in [0.2, 0.25) is 0 Å². The molecule has 0 aromatic carbocycles. The van der Waals surface area contributed by atoms with Crippen LogP contribution in [0.15, 0.2) is 0 Å². The van der Waals surface area contributed by atoms with Crippen LogP contribution in [-0.4, -0.2) is 65.2 Å². The number of carbonyl (C=O) groups excluding carboxylic acids is 1. The Morgan fingerprint density at radius 1 is 1.26 bits per heavy atom. The summed E-state index contributed by atoms with van der Waals surface area (Å²) in [6.45, 7) is 5.62. The fourth-order valence-electron chi connectivity index (χ4n) is 2.98. The van der Waals surface area contributed by atoms with E-state index in [1.807, 2.05) is 0 Å². The zero-order valence-corrected chi connectivity index (χ0v) is 11.5. The van der Waals surface area contributed by atoms with Gasteiger partial charge >= 0.3 is 12.0 Å². The number of hydrogen-bond acceptors (Lipinski definition) is 3. The molecule has 2 heterocycles. The summed E-state index contributed by atoms with van der Waals surface area (Å²) in [5.74, 6) is -0.897. The van der Waals surface area contributed by atoms with Crippen LogP contribution in [0.1, 0.15) is 32.6 Å². The third-order valence-corrected chi connectivity index (χ3v) is 4.08. The van der Waals surface area contributed by atoms with Gasteiger partial charge in [0.25, 0.3) is 0 Å². The number of carboxylic acid groups (broad SMARTS) is 1. The molecule has 2 rings (SSSR count). The quantitative estimate of drug-likeness (QED) is 0.792. The highest BCUT2D eigenvalue weighted by Crippen LogP contribution is 2.18. The molecule has 0 aliphatic carbocycles. The Morgan fingerprint density at radius 3 is 2.68 bits per heavy atom. The summed E-state index contributed by atoms with van der Waals surface area (Å²) in [5.41, 5.74) is 0. The molecule has 6 heteroatoms. The standard InChI is InChI=1S/C13H23N3O3/c1-2-15-7-3-5-10(9-15)14-13(19)16-8-4-6-11(16)12(17)18/h10-11H,2-9H2,1H3,(H,14,19)(H,17,18)/t10?,11-/m0/s1. The van der Waals surface area contributed by atoms with Gasteiger partial charge in [0.1, 0.15) is 6.04 Å². The van der Waals surface area contributed by atoms with Crippen molar-refractivity contribution in [2.24, 2.45) is 0 Å². The second-order valence-corrected chi connectivity index (χ2v) is 5.37. The normalized spacial score (nSPS) is 28.4. The predicted octanol–water partition coefficient (Wildman–Crippen LogP) is 0.729. The lowest BCUT2D eigenvalue weighted by Crippen LogP contribution is -2.53. The van der Waals surface area contributed by atoms with Gasteiger partial charge in [-0.3, -0.25) is 0 Å². The third-order valence-electron chi connectivity index (χ3n) is 4.08. The Morgan fingerprint density at radius 2 is 2.00 bits per heavy atom. The van der Waals surface area contributed by atoms with E-state index in [1.54, 1.807) is 0 Å². The van der Waals surface area contributed by atoms with Crippen molar-refractivity contribution in [1.29, 1.82) is 0 Å². The van der Waals surface area contributed by atoms with Crippen LogP contribution < -0.4 is 5.32 Å². The number of nitrogens with one attached hydrogen (secondary N) is 1. The molecule has 0 aromatic heterocycles. The minimum absolute atomic E-state index is 0.149. The summed E-state index contributed by atoms with van der Waals surface area (Å²) >= 11 is 0. The summed E-state index contributed by atoms with van der Waals surface area (Å²) in [5, 5.41) is 12.1. The Kier molecular flexibility index (Phi) is 4.63. The van der Waals surface area contributed by atoms with Crippen LogP contribution >= 0.6 is 0 Å². The number of amides is 2. The zero-order valence-electron chi connectivity index (χ0n) is 11.5. The first-order valence-electron chi connectivity index (χ1n) is 7.14. The molecule has 0 spiro atoms. The summed E-state index contributed by atoms with van der Waals surface area (Å²) in [6.07, 6.45) is 3.40. The largest absolute Gasteiger partial charge is 0.480 e. The van der Waals surface area contributed by atoms with Gasteiger partial charge in [0.2, 0.25) is 0 Å². The van der Waals surface area contributed by atoms with E-state index in [-0.39, 0.29) is 12.1 Å². The summed E-state index contributed by atoms with van der Waals surface area (Å²) in [6, 6.07) is -0.713. The van der Waals surface area contributed by atoms with Gasteiger partial charge in [0, 0.05) is 19.1 Å². The van der Waals surface area contributed by atoms with Crippen molar-refractivity contribution in [3.8, 4) is 0 Å². The van der Waals surface area contributed by atoms with Gasteiger partial charge in [-0.1, -0.05) is 6.92 Å². The fourth-order valence-corrected chi connectivity index (χ4v) is 2.98. The highest BCUT2D eigenvalue weighted by molar-refractivity contribution is 5.83. The Balaban J connectivity index is 1.88. The van der Waals surface area contributed by atoms with E-state index < -0.39 is 12.0 Å². The summed E-state index contributed by atoms with van der Waals surface area (Å²) in [7, 11) is 0. The van der Waals surface area contributed by atoms with Gasteiger partial charge in [-0.25, -0.2) is 9.59 Å². The van der Waals surface area contributed by atoms with Crippen molar-refractivity contribution < 1.29 is 14.7 Å². The first-order valence-corrected chi connectivity index (χ1v) is 7.14. The minimum Gasteiger partial charge on any atom is -0.480 e. The molecule has 0 saturated carbocycles. The molecule has 0 aromatic rings. The van der Waals surface area contributed by atoms with Gasteiger partial charge in [-0.15, -0.1) is 0 Å². The van der Waals surface area contributed by atoms with E-state index in [1.165, 1.54) is 4.90 Å². The maximum absolute atomic E-state index is 12.2. The maximum atomic E-state index is 12.2. The first kappa shape index (κ1) is 14.1. The van der Waals surface area contributed by atoms with E-state index in [9.17, 15) is 9.59 Å². The molecule has 2 aliphatic heterocycles. The van der Waals surface area contributed by atoms with Gasteiger partial charge in [0.15, 0.2) is 0 Å². The molecule has 2 N–H and O–H groups in total. The van der Waals surface area contributed by atoms with E-state index in [2.05, 4.69) is 17.1 Å². The molecule has 2 atom stereocenters. The van der Waals surface area contributed by atoms with Gasteiger partial charge in [-0.2, -0.15) is 0 Å². The fraction of sp³-hybridized carbons (Fsp3) is 0.846. The third kappa shape index (κ3) is 3.37. The number of hydrogen-bond donors (Lipinski definition) is 2. The topological polar surface area (TPSA) is 72.9 Å². The minimum atomic E-state index is -0.897.